The Balaban J connectivity index is 2.35. The van der Waals surface area contributed by atoms with E-state index in [0.29, 0.717) is 0 Å². The van der Waals surface area contributed by atoms with Crippen molar-refractivity contribution in [2.75, 3.05) is 13.1 Å². The van der Waals surface area contributed by atoms with Crippen LogP contribution in [-0.2, 0) is 30.4 Å². The van der Waals surface area contributed by atoms with E-state index < -0.39 is 35.9 Å². The Labute approximate surface area is 199 Å². The second kappa shape index (κ2) is 12.2. The van der Waals surface area contributed by atoms with Gasteiger partial charge in [-0.15, -0.1) is 0 Å². The van der Waals surface area contributed by atoms with Crippen molar-refractivity contribution in [2.45, 2.75) is 64.6 Å². The van der Waals surface area contributed by atoms with Gasteiger partial charge in [0.1, 0.15) is 18.1 Å². The average molecular weight is 475 g/mol. The van der Waals surface area contributed by atoms with Crippen molar-refractivity contribution in [3.63, 3.8) is 0 Å². The molecular formula is C24H34N4O6. The first-order chi connectivity index (χ1) is 16.1. The Bertz CT molecular complexity index is 904. The number of carbonyl (C=O) groups is 5. The highest BCUT2D eigenvalue weighted by atomic mass is 16.4. The zero-order valence-corrected chi connectivity index (χ0v) is 19.9. The molecule has 2 rings (SSSR count). The predicted molar refractivity (Wildman–Crippen MR) is 124 cm³/mol. The van der Waals surface area contributed by atoms with Gasteiger partial charge in [-0.05, 0) is 17.9 Å². The lowest BCUT2D eigenvalue weighted by atomic mass is 9.95. The van der Waals surface area contributed by atoms with E-state index >= 15 is 0 Å². The fourth-order valence-corrected chi connectivity index (χ4v) is 4.20. The minimum absolute atomic E-state index is 0.131. The van der Waals surface area contributed by atoms with Crippen LogP contribution in [0.4, 0.5) is 0 Å². The average Bonchev–Trinajstić information content (AvgIpc) is 2.79. The van der Waals surface area contributed by atoms with Crippen LogP contribution < -0.4 is 11.1 Å². The lowest BCUT2D eigenvalue weighted by Gasteiger charge is -2.45. The van der Waals surface area contributed by atoms with E-state index in [9.17, 15) is 29.1 Å². The minimum atomic E-state index is -1.32. The number of amides is 4. The fraction of sp³-hybridized carbons (Fsp3) is 0.542. The maximum Gasteiger partial charge on any atom is 0.326 e. The summed E-state index contributed by atoms with van der Waals surface area (Å²) < 4.78 is 0. The highest BCUT2D eigenvalue weighted by Gasteiger charge is 2.43. The van der Waals surface area contributed by atoms with Crippen molar-refractivity contribution >= 4 is 29.6 Å². The van der Waals surface area contributed by atoms with E-state index in [0.717, 1.165) is 5.56 Å². The van der Waals surface area contributed by atoms with E-state index in [1.807, 2.05) is 44.2 Å². The van der Waals surface area contributed by atoms with Gasteiger partial charge >= 0.3 is 5.97 Å². The van der Waals surface area contributed by atoms with Gasteiger partial charge in [0.15, 0.2) is 0 Å². The number of carbonyl (C=O) groups excluding carboxylic acids is 4. The lowest BCUT2D eigenvalue weighted by molar-refractivity contribution is -0.158. The van der Waals surface area contributed by atoms with E-state index in [1.54, 1.807) is 11.8 Å². The van der Waals surface area contributed by atoms with Crippen molar-refractivity contribution in [2.24, 2.45) is 11.7 Å². The number of carboxylic acid groups (broad SMARTS) is 1. The van der Waals surface area contributed by atoms with Crippen LogP contribution in [0.5, 0.6) is 0 Å². The molecule has 1 aliphatic rings. The van der Waals surface area contributed by atoms with Crippen molar-refractivity contribution in [3.05, 3.63) is 35.9 Å². The highest BCUT2D eigenvalue weighted by Crippen LogP contribution is 2.23. The Morgan fingerprint density at radius 1 is 1.15 bits per heavy atom. The largest absolute Gasteiger partial charge is 0.480 e. The molecule has 1 aromatic rings. The van der Waals surface area contributed by atoms with Crippen LogP contribution >= 0.6 is 0 Å². The van der Waals surface area contributed by atoms with Gasteiger partial charge < -0.3 is 26.0 Å². The van der Waals surface area contributed by atoms with Gasteiger partial charge in [0.25, 0.3) is 0 Å². The number of nitrogens with two attached hydrogens (primary N) is 1. The number of hydrogen-bond donors (Lipinski definition) is 3. The van der Waals surface area contributed by atoms with Crippen LogP contribution in [0.25, 0.3) is 0 Å². The summed E-state index contributed by atoms with van der Waals surface area (Å²) in [6, 6.07) is 6.09. The summed E-state index contributed by atoms with van der Waals surface area (Å²) in [6.07, 6.45) is 0.0836. The van der Waals surface area contributed by atoms with E-state index in [-0.39, 0.29) is 56.5 Å². The maximum absolute atomic E-state index is 13.5. The molecule has 0 aliphatic carbocycles. The molecule has 0 radical (unpaired) electrons. The summed E-state index contributed by atoms with van der Waals surface area (Å²) in [5.41, 5.74) is 5.93. The predicted octanol–water partition coefficient (Wildman–Crippen LogP) is 0.538. The number of piperazine rings is 1. The third kappa shape index (κ3) is 6.79. The topological polar surface area (TPSA) is 150 Å². The van der Waals surface area contributed by atoms with Gasteiger partial charge in [0.2, 0.25) is 23.6 Å². The Morgan fingerprint density at radius 3 is 2.32 bits per heavy atom. The molecule has 1 fully saturated rings. The molecule has 10 heteroatoms. The van der Waals surface area contributed by atoms with E-state index in [1.165, 1.54) is 4.90 Å². The first-order valence-electron chi connectivity index (χ1n) is 11.5. The van der Waals surface area contributed by atoms with Crippen molar-refractivity contribution in [3.8, 4) is 0 Å². The molecule has 0 unspecified atom stereocenters. The van der Waals surface area contributed by atoms with Crippen LogP contribution in [-0.4, -0.2) is 75.7 Å². The minimum Gasteiger partial charge on any atom is -0.480 e. The highest BCUT2D eigenvalue weighted by molar-refractivity contribution is 5.94. The zero-order chi connectivity index (χ0) is 25.4. The molecule has 4 N–H and O–H groups in total. The summed E-state index contributed by atoms with van der Waals surface area (Å²) in [5, 5.41) is 12.0. The normalized spacial score (nSPS) is 17.9. The summed E-state index contributed by atoms with van der Waals surface area (Å²) in [5.74, 6) is -3.25. The molecular weight excluding hydrogens is 440 g/mol. The Kier molecular flexibility index (Phi) is 9.58. The van der Waals surface area contributed by atoms with Crippen molar-refractivity contribution in [1.82, 2.24) is 15.1 Å². The molecule has 3 atom stereocenters. The SMILES string of the molecule is CCC(=O)N1CCN([C@@H](Cc2ccccc2)C(=O)N[C@@H](CCC(N)=O)C(=O)O)C(=O)[C@@H]1C(C)C. The number of hydrogen-bond acceptors (Lipinski definition) is 5. The number of benzene rings is 1. The lowest BCUT2D eigenvalue weighted by Crippen LogP contribution is -2.65. The van der Waals surface area contributed by atoms with Crippen molar-refractivity contribution in [1.29, 1.82) is 0 Å². The second-order valence-electron chi connectivity index (χ2n) is 8.77. The molecule has 1 saturated heterocycles. The van der Waals surface area contributed by atoms with E-state index in [4.69, 9.17) is 5.73 Å². The molecule has 0 bridgehead atoms. The fourth-order valence-electron chi connectivity index (χ4n) is 4.20. The van der Waals surface area contributed by atoms with E-state index in [2.05, 4.69) is 5.32 Å². The number of primary amides is 1. The third-order valence-electron chi connectivity index (χ3n) is 5.95. The molecule has 1 aromatic carbocycles. The molecule has 0 saturated carbocycles. The molecule has 1 heterocycles. The van der Waals surface area contributed by atoms with Gasteiger partial charge in [-0.1, -0.05) is 51.1 Å². The first-order valence-corrected chi connectivity index (χ1v) is 11.5. The second-order valence-corrected chi connectivity index (χ2v) is 8.77. The number of nitrogens with zero attached hydrogens (tertiary/aromatic N) is 2. The molecule has 186 valence electrons. The maximum atomic E-state index is 13.5. The summed E-state index contributed by atoms with van der Waals surface area (Å²) in [6.45, 7) is 5.86. The smallest absolute Gasteiger partial charge is 0.326 e. The first kappa shape index (κ1) is 26.8. The van der Waals surface area contributed by atoms with Crippen molar-refractivity contribution < 1.29 is 29.1 Å². The summed E-state index contributed by atoms with van der Waals surface area (Å²) in [4.78, 5) is 65.1. The van der Waals surface area contributed by atoms with Crippen LogP contribution in [0.15, 0.2) is 30.3 Å². The molecule has 0 aromatic heterocycles. The number of carboxylic acids is 1. The van der Waals surface area contributed by atoms with Crippen LogP contribution in [0.1, 0.15) is 45.6 Å². The van der Waals surface area contributed by atoms with Gasteiger partial charge in [-0.3, -0.25) is 19.2 Å². The monoisotopic (exact) mass is 474 g/mol. The molecule has 10 nitrogen and oxygen atoms in total. The Hall–Kier alpha value is -3.43. The van der Waals surface area contributed by atoms with Gasteiger partial charge in [-0.2, -0.15) is 0 Å². The van der Waals surface area contributed by atoms with Gasteiger partial charge in [0, 0.05) is 32.4 Å². The quantitative estimate of drug-likeness (QED) is 0.426. The number of aliphatic carboxylic acids is 1. The van der Waals surface area contributed by atoms with Crippen LogP contribution in [0.2, 0.25) is 0 Å². The molecule has 34 heavy (non-hydrogen) atoms. The number of rotatable bonds is 11. The molecule has 1 aliphatic heterocycles. The van der Waals surface area contributed by atoms with Crippen LogP contribution in [0, 0.1) is 5.92 Å². The summed E-state index contributed by atoms with van der Waals surface area (Å²) >= 11 is 0. The number of nitrogens with one attached hydrogen (secondary N) is 1. The van der Waals surface area contributed by atoms with Gasteiger partial charge in [-0.25, -0.2) is 4.79 Å². The summed E-state index contributed by atoms with van der Waals surface area (Å²) in [7, 11) is 0. The molecule has 0 spiro atoms. The van der Waals surface area contributed by atoms with Crippen LogP contribution in [0.3, 0.4) is 0 Å². The Morgan fingerprint density at radius 2 is 1.79 bits per heavy atom. The molecule has 4 amide bonds. The van der Waals surface area contributed by atoms with Gasteiger partial charge in [0.05, 0.1) is 0 Å². The standard InChI is InChI=1S/C24H34N4O6/c1-4-20(30)28-13-12-27(23(32)21(28)15(2)3)18(14-16-8-6-5-7-9-16)22(31)26-17(24(33)34)10-11-19(25)29/h5-9,15,17-18,21H,4,10-14H2,1-3H3,(H2,25,29)(H,26,31)(H,33,34)/t17-,18-,21-/m0/s1. The third-order valence-corrected chi connectivity index (χ3v) is 5.95. The zero-order valence-electron chi connectivity index (χ0n) is 19.9.